The summed E-state index contributed by atoms with van der Waals surface area (Å²) in [5.74, 6) is 0.699. The Morgan fingerprint density at radius 1 is 1.04 bits per heavy atom. The standard InChI is InChI=1S/C20H32N2.CH4O3S/c1-19(2)13-16(14-20(3,4)15-19)17-7-5-6-8-18(17)22-11-9-21-10-12-22;1-5(2,3)4/h5-8,16,21H,9-15H2,1-4H3;1H3,(H,2,3,4). The Bertz CT molecular complexity index is 699. The molecule has 2 fully saturated rings. The lowest BCUT2D eigenvalue weighted by Crippen LogP contribution is -2.44. The van der Waals surface area contributed by atoms with Crippen LogP contribution in [-0.2, 0) is 10.1 Å². The molecule has 1 heterocycles. The second-order valence-electron chi connectivity index (χ2n) is 9.64. The third kappa shape index (κ3) is 7.43. The highest BCUT2D eigenvalue weighted by Gasteiger charge is 2.39. The van der Waals surface area contributed by atoms with Gasteiger partial charge in [0.25, 0.3) is 10.1 Å². The van der Waals surface area contributed by atoms with E-state index in [1.165, 1.54) is 24.9 Å². The van der Waals surface area contributed by atoms with Crippen LogP contribution >= 0.6 is 0 Å². The van der Waals surface area contributed by atoms with Gasteiger partial charge in [0.15, 0.2) is 0 Å². The van der Waals surface area contributed by atoms with Crippen LogP contribution in [0.5, 0.6) is 0 Å². The maximum atomic E-state index is 9.19. The maximum absolute atomic E-state index is 9.19. The number of nitrogens with one attached hydrogen (secondary N) is 1. The van der Waals surface area contributed by atoms with Crippen molar-refractivity contribution in [2.24, 2.45) is 10.8 Å². The van der Waals surface area contributed by atoms with Crippen LogP contribution in [0.1, 0.15) is 58.4 Å². The van der Waals surface area contributed by atoms with Gasteiger partial charge in [0.2, 0.25) is 0 Å². The molecule has 2 N–H and O–H groups in total. The van der Waals surface area contributed by atoms with E-state index in [0.29, 0.717) is 23.0 Å². The molecule has 5 nitrogen and oxygen atoms in total. The number of rotatable bonds is 2. The molecular formula is C21H36N2O3S. The number of anilines is 1. The van der Waals surface area contributed by atoms with E-state index in [1.54, 1.807) is 5.56 Å². The molecule has 3 rings (SSSR count). The van der Waals surface area contributed by atoms with Crippen LogP contribution in [0.25, 0.3) is 0 Å². The fourth-order valence-corrected chi connectivity index (χ4v) is 5.09. The zero-order valence-electron chi connectivity index (χ0n) is 17.5. The van der Waals surface area contributed by atoms with E-state index in [9.17, 15) is 8.42 Å². The lowest BCUT2D eigenvalue weighted by molar-refractivity contribution is 0.0970. The molecule has 1 aromatic rings. The SMILES string of the molecule is CC1(C)CC(c2ccccc2N2CCNCC2)CC(C)(C)C1.CS(=O)(=O)O. The summed E-state index contributed by atoms with van der Waals surface area (Å²) < 4.78 is 25.9. The molecule has 0 amide bonds. The maximum Gasteiger partial charge on any atom is 0.261 e. The van der Waals surface area contributed by atoms with Crippen LogP contribution in [0.2, 0.25) is 0 Å². The van der Waals surface area contributed by atoms with Gasteiger partial charge in [-0.2, -0.15) is 8.42 Å². The molecule has 0 atom stereocenters. The summed E-state index contributed by atoms with van der Waals surface area (Å²) in [5.41, 5.74) is 3.97. The molecular weight excluding hydrogens is 360 g/mol. The van der Waals surface area contributed by atoms with E-state index in [-0.39, 0.29) is 0 Å². The zero-order chi connectivity index (χ0) is 20.3. The van der Waals surface area contributed by atoms with Gasteiger partial charge >= 0.3 is 0 Å². The smallest absolute Gasteiger partial charge is 0.261 e. The Kier molecular flexibility index (Phi) is 6.98. The van der Waals surface area contributed by atoms with Crippen LogP contribution in [0.15, 0.2) is 24.3 Å². The predicted molar refractivity (Wildman–Crippen MR) is 113 cm³/mol. The van der Waals surface area contributed by atoms with Crippen LogP contribution < -0.4 is 10.2 Å². The number of hydrogen-bond donors (Lipinski definition) is 2. The van der Waals surface area contributed by atoms with Gasteiger partial charge < -0.3 is 10.2 Å². The molecule has 1 saturated carbocycles. The van der Waals surface area contributed by atoms with Gasteiger partial charge in [-0.15, -0.1) is 0 Å². The van der Waals surface area contributed by atoms with E-state index >= 15 is 0 Å². The van der Waals surface area contributed by atoms with Crippen LogP contribution in [0.3, 0.4) is 0 Å². The van der Waals surface area contributed by atoms with Gasteiger partial charge in [0.05, 0.1) is 6.26 Å². The molecule has 0 unspecified atom stereocenters. The Balaban J connectivity index is 0.000000465. The average molecular weight is 397 g/mol. The first-order valence-corrected chi connectivity index (χ1v) is 11.7. The van der Waals surface area contributed by atoms with Crippen molar-refractivity contribution in [3.05, 3.63) is 29.8 Å². The van der Waals surface area contributed by atoms with Gasteiger partial charge in [-0.3, -0.25) is 4.55 Å². The number of nitrogens with zero attached hydrogens (tertiary/aromatic N) is 1. The normalized spacial score (nSPS) is 22.7. The topological polar surface area (TPSA) is 69.6 Å². The first-order valence-electron chi connectivity index (χ1n) is 9.83. The third-order valence-corrected chi connectivity index (χ3v) is 5.39. The lowest BCUT2D eigenvalue weighted by Gasteiger charge is -2.46. The Morgan fingerprint density at radius 3 is 2.04 bits per heavy atom. The first kappa shape index (κ1) is 22.2. The first-order chi connectivity index (χ1) is 12.4. The van der Waals surface area contributed by atoms with Crippen molar-refractivity contribution < 1.29 is 13.0 Å². The van der Waals surface area contributed by atoms with Crippen molar-refractivity contribution in [3.8, 4) is 0 Å². The Hall–Kier alpha value is -1.11. The monoisotopic (exact) mass is 396 g/mol. The van der Waals surface area contributed by atoms with E-state index < -0.39 is 10.1 Å². The van der Waals surface area contributed by atoms with E-state index in [2.05, 4.69) is 62.2 Å². The minimum Gasteiger partial charge on any atom is -0.369 e. The van der Waals surface area contributed by atoms with Crippen LogP contribution in [0, 0.1) is 10.8 Å². The fraction of sp³-hybridized carbons (Fsp3) is 0.714. The summed E-state index contributed by atoms with van der Waals surface area (Å²) in [6.45, 7) is 14.3. The van der Waals surface area contributed by atoms with Gasteiger partial charge in [0, 0.05) is 31.9 Å². The van der Waals surface area contributed by atoms with Crippen molar-refractivity contribution in [1.82, 2.24) is 5.32 Å². The molecule has 0 radical (unpaired) electrons. The van der Waals surface area contributed by atoms with Crippen molar-refractivity contribution in [3.63, 3.8) is 0 Å². The minimum atomic E-state index is -3.67. The number of piperazine rings is 1. The van der Waals surface area contributed by atoms with E-state index in [4.69, 9.17) is 4.55 Å². The van der Waals surface area contributed by atoms with Gasteiger partial charge in [-0.25, -0.2) is 0 Å². The molecule has 1 aromatic carbocycles. The van der Waals surface area contributed by atoms with Crippen LogP contribution in [-0.4, -0.2) is 45.4 Å². The molecule has 6 heteroatoms. The number of hydrogen-bond acceptors (Lipinski definition) is 4. The highest BCUT2D eigenvalue weighted by molar-refractivity contribution is 7.85. The second kappa shape index (κ2) is 8.50. The van der Waals surface area contributed by atoms with Crippen molar-refractivity contribution in [2.75, 3.05) is 37.3 Å². The highest BCUT2D eigenvalue weighted by atomic mass is 32.2. The molecule has 1 aliphatic carbocycles. The van der Waals surface area contributed by atoms with Crippen molar-refractivity contribution >= 4 is 15.8 Å². The van der Waals surface area contributed by atoms with Gasteiger partial charge in [0.1, 0.15) is 0 Å². The highest BCUT2D eigenvalue weighted by Crippen LogP contribution is 2.52. The third-order valence-electron chi connectivity index (χ3n) is 5.39. The zero-order valence-corrected chi connectivity index (χ0v) is 18.3. The number of para-hydroxylation sites is 1. The summed E-state index contributed by atoms with van der Waals surface area (Å²) in [5, 5.41) is 3.47. The van der Waals surface area contributed by atoms with Crippen molar-refractivity contribution in [2.45, 2.75) is 52.9 Å². The Morgan fingerprint density at radius 2 is 1.52 bits per heavy atom. The molecule has 154 valence electrons. The van der Waals surface area contributed by atoms with E-state index in [0.717, 1.165) is 26.2 Å². The minimum absolute atomic E-state index is 0.447. The second-order valence-corrected chi connectivity index (χ2v) is 11.1. The largest absolute Gasteiger partial charge is 0.369 e. The molecule has 0 spiro atoms. The molecule has 0 aromatic heterocycles. The predicted octanol–water partition coefficient (Wildman–Crippen LogP) is 3.92. The summed E-state index contributed by atoms with van der Waals surface area (Å²) in [7, 11) is -3.67. The summed E-state index contributed by atoms with van der Waals surface area (Å²) in [6, 6.07) is 9.17. The average Bonchev–Trinajstić information content (AvgIpc) is 2.51. The molecule has 0 bridgehead atoms. The Labute approximate surface area is 165 Å². The molecule has 2 aliphatic rings. The van der Waals surface area contributed by atoms with Gasteiger partial charge in [-0.05, 0) is 47.6 Å². The lowest BCUT2D eigenvalue weighted by atomic mass is 9.60. The molecule has 1 saturated heterocycles. The van der Waals surface area contributed by atoms with E-state index in [1.807, 2.05) is 0 Å². The number of benzene rings is 1. The molecule has 1 aliphatic heterocycles. The summed E-state index contributed by atoms with van der Waals surface area (Å²) in [6.07, 6.45) is 4.69. The van der Waals surface area contributed by atoms with Gasteiger partial charge in [-0.1, -0.05) is 45.9 Å². The summed E-state index contributed by atoms with van der Waals surface area (Å²) in [4.78, 5) is 2.58. The summed E-state index contributed by atoms with van der Waals surface area (Å²) >= 11 is 0. The quantitative estimate of drug-likeness (QED) is 0.742. The fourth-order valence-electron chi connectivity index (χ4n) is 5.09. The van der Waals surface area contributed by atoms with Crippen molar-refractivity contribution in [1.29, 1.82) is 0 Å². The molecule has 27 heavy (non-hydrogen) atoms. The van der Waals surface area contributed by atoms with Crippen LogP contribution in [0.4, 0.5) is 5.69 Å².